The molecule has 2 rings (SSSR count). The number of Topliss-reactive ketones (excluding diaryl/α,β-unsaturated/α-hetero) is 1. The lowest BCUT2D eigenvalue weighted by molar-refractivity contribution is -0.232. The highest BCUT2D eigenvalue weighted by Gasteiger charge is 2.46. The molecule has 0 bridgehead atoms. The monoisotopic (exact) mass is 330 g/mol. The van der Waals surface area contributed by atoms with Crippen molar-refractivity contribution in [3.05, 3.63) is 17.2 Å². The van der Waals surface area contributed by atoms with Gasteiger partial charge in [-0.2, -0.15) is 0 Å². The molecule has 0 aliphatic carbocycles. The van der Waals surface area contributed by atoms with Gasteiger partial charge in [0.2, 0.25) is 0 Å². The Hall–Kier alpha value is -1.91. The summed E-state index contributed by atoms with van der Waals surface area (Å²) in [5, 5.41) is 68.4. The molecule has 0 unspecified atom stereocenters. The van der Waals surface area contributed by atoms with Crippen LogP contribution in [0.4, 0.5) is 0 Å². The van der Waals surface area contributed by atoms with Crippen molar-refractivity contribution in [3.8, 4) is 17.2 Å². The Balaban J connectivity index is 2.56. The molecule has 0 radical (unpaired) electrons. The number of aliphatic hydroxyl groups is 4. The van der Waals surface area contributed by atoms with Crippen LogP contribution in [0.5, 0.6) is 17.2 Å². The van der Waals surface area contributed by atoms with Crippen LogP contribution >= 0.6 is 0 Å². The summed E-state index contributed by atoms with van der Waals surface area (Å²) in [6, 6.07) is 0.785. The number of benzene rings is 1. The van der Waals surface area contributed by atoms with Gasteiger partial charge in [-0.3, -0.25) is 4.79 Å². The van der Waals surface area contributed by atoms with E-state index in [1.54, 1.807) is 0 Å². The van der Waals surface area contributed by atoms with Gasteiger partial charge in [-0.25, -0.2) is 0 Å². The summed E-state index contributed by atoms with van der Waals surface area (Å²) in [5.74, 6) is -2.87. The van der Waals surface area contributed by atoms with Gasteiger partial charge in [-0.05, 0) is 6.92 Å². The maximum atomic E-state index is 11.5. The van der Waals surface area contributed by atoms with E-state index in [9.17, 15) is 35.4 Å². The molecule has 9 nitrogen and oxygen atoms in total. The van der Waals surface area contributed by atoms with Gasteiger partial charge in [-0.1, -0.05) is 0 Å². The van der Waals surface area contributed by atoms with Gasteiger partial charge in [0.1, 0.15) is 53.3 Å². The molecule has 1 saturated heterocycles. The maximum absolute atomic E-state index is 11.5. The van der Waals surface area contributed by atoms with Gasteiger partial charge in [0.05, 0.1) is 12.2 Å². The zero-order chi connectivity index (χ0) is 17.5. The van der Waals surface area contributed by atoms with Crippen molar-refractivity contribution in [2.75, 3.05) is 6.61 Å². The van der Waals surface area contributed by atoms with Gasteiger partial charge in [0, 0.05) is 6.07 Å². The number of phenolic OH excluding ortho intramolecular Hbond substituents is 3. The normalized spacial score (nSPS) is 31.1. The predicted molar refractivity (Wildman–Crippen MR) is 74.2 cm³/mol. The maximum Gasteiger partial charge on any atom is 0.167 e. The molecule has 1 aromatic carbocycles. The number of aromatic hydroxyl groups is 3. The van der Waals surface area contributed by atoms with Crippen molar-refractivity contribution in [3.63, 3.8) is 0 Å². The third-order valence-electron chi connectivity index (χ3n) is 3.83. The highest BCUT2D eigenvalue weighted by molar-refractivity contribution is 6.00. The summed E-state index contributed by atoms with van der Waals surface area (Å²) in [6.07, 6.45) is -7.89. The van der Waals surface area contributed by atoms with Crippen LogP contribution in [0, 0.1) is 0 Å². The molecular formula is C14H18O9. The van der Waals surface area contributed by atoms with Crippen molar-refractivity contribution >= 4 is 5.78 Å². The molecule has 5 atom stereocenters. The molecular weight excluding hydrogens is 312 g/mol. The minimum Gasteiger partial charge on any atom is -0.507 e. The van der Waals surface area contributed by atoms with E-state index < -0.39 is 71.3 Å². The summed E-state index contributed by atoms with van der Waals surface area (Å²) in [4.78, 5) is 11.5. The van der Waals surface area contributed by atoms with Crippen molar-refractivity contribution in [1.82, 2.24) is 0 Å². The molecule has 23 heavy (non-hydrogen) atoms. The second-order valence-electron chi connectivity index (χ2n) is 5.36. The van der Waals surface area contributed by atoms with E-state index in [0.717, 1.165) is 13.0 Å². The second kappa shape index (κ2) is 6.30. The summed E-state index contributed by atoms with van der Waals surface area (Å²) in [7, 11) is 0. The van der Waals surface area contributed by atoms with Gasteiger partial charge in [-0.15, -0.1) is 0 Å². The fourth-order valence-corrected chi connectivity index (χ4v) is 2.62. The first-order valence-corrected chi connectivity index (χ1v) is 6.79. The summed E-state index contributed by atoms with van der Waals surface area (Å²) in [6.45, 7) is 0.378. The molecule has 1 aliphatic rings. The quantitative estimate of drug-likeness (QED) is 0.327. The zero-order valence-corrected chi connectivity index (χ0v) is 12.1. The SMILES string of the molecule is CC(=O)c1c(O)cc(O)c([C@H]2O[C@H](CO)[C@@H](O)[C@H](O)[C@@H]2O)c1O. The van der Waals surface area contributed by atoms with Crippen LogP contribution in [-0.2, 0) is 4.74 Å². The van der Waals surface area contributed by atoms with Crippen molar-refractivity contribution in [2.45, 2.75) is 37.4 Å². The smallest absolute Gasteiger partial charge is 0.167 e. The second-order valence-corrected chi connectivity index (χ2v) is 5.36. The Bertz CT molecular complexity index is 613. The third kappa shape index (κ3) is 2.84. The van der Waals surface area contributed by atoms with Crippen molar-refractivity contribution in [2.24, 2.45) is 0 Å². The molecule has 128 valence electrons. The van der Waals surface area contributed by atoms with Crippen molar-refractivity contribution < 1.29 is 45.3 Å². The van der Waals surface area contributed by atoms with E-state index in [1.165, 1.54) is 0 Å². The molecule has 0 aromatic heterocycles. The first kappa shape index (κ1) is 17.4. The van der Waals surface area contributed by atoms with Crippen LogP contribution in [0.2, 0.25) is 0 Å². The molecule has 7 N–H and O–H groups in total. The number of phenols is 3. The zero-order valence-electron chi connectivity index (χ0n) is 12.1. The first-order chi connectivity index (χ1) is 10.7. The largest absolute Gasteiger partial charge is 0.507 e. The number of ketones is 1. The summed E-state index contributed by atoms with van der Waals surface area (Å²) in [5.41, 5.74) is -0.931. The molecule has 0 amide bonds. The highest BCUT2D eigenvalue weighted by atomic mass is 16.5. The average Bonchev–Trinajstić information content (AvgIpc) is 2.46. The molecule has 1 aliphatic heterocycles. The summed E-state index contributed by atoms with van der Waals surface area (Å²) >= 11 is 0. The van der Waals surface area contributed by atoms with E-state index in [2.05, 4.69) is 0 Å². The topological polar surface area (TPSA) is 168 Å². The van der Waals surface area contributed by atoms with Crippen LogP contribution in [-0.4, -0.2) is 72.6 Å². The third-order valence-corrected chi connectivity index (χ3v) is 3.83. The molecule has 1 fully saturated rings. The number of carbonyl (C=O) groups excluding carboxylic acids is 1. The Labute approximate surface area is 130 Å². The Morgan fingerprint density at radius 3 is 2.22 bits per heavy atom. The van der Waals surface area contributed by atoms with E-state index in [1.807, 2.05) is 0 Å². The van der Waals surface area contributed by atoms with Gasteiger partial charge < -0.3 is 40.5 Å². The number of ether oxygens (including phenoxy) is 1. The van der Waals surface area contributed by atoms with E-state index in [0.29, 0.717) is 0 Å². The van der Waals surface area contributed by atoms with Crippen LogP contribution in [0.1, 0.15) is 28.9 Å². The Morgan fingerprint density at radius 2 is 1.70 bits per heavy atom. The lowest BCUT2D eigenvalue weighted by atomic mass is 9.89. The van der Waals surface area contributed by atoms with Gasteiger partial charge in [0.15, 0.2) is 5.78 Å². The number of carbonyl (C=O) groups is 1. The molecule has 9 heteroatoms. The lowest BCUT2D eigenvalue weighted by Crippen LogP contribution is -2.55. The molecule has 1 heterocycles. The van der Waals surface area contributed by atoms with Gasteiger partial charge in [0.25, 0.3) is 0 Å². The Morgan fingerprint density at radius 1 is 1.09 bits per heavy atom. The lowest BCUT2D eigenvalue weighted by Gasteiger charge is -2.40. The predicted octanol–water partition coefficient (Wildman–Crippen LogP) is -1.48. The Kier molecular flexibility index (Phi) is 4.78. The molecule has 1 aromatic rings. The van der Waals surface area contributed by atoms with Crippen LogP contribution in [0.25, 0.3) is 0 Å². The molecule has 0 spiro atoms. The standard InChI is InChI=1S/C14H18O9/c1-4(16)8-5(17)2-6(18)9(11(8)20)14-13(22)12(21)10(19)7(3-15)23-14/h2,7,10,12-15,17-22H,3H2,1H3/t7-,10-,12+,13+,14-/m1/s1. The number of rotatable bonds is 3. The van der Waals surface area contributed by atoms with Crippen molar-refractivity contribution in [1.29, 1.82) is 0 Å². The number of hydrogen-bond donors (Lipinski definition) is 7. The fraction of sp³-hybridized carbons (Fsp3) is 0.500. The minimum atomic E-state index is -1.76. The van der Waals surface area contributed by atoms with Crippen LogP contribution in [0.3, 0.4) is 0 Å². The first-order valence-electron chi connectivity index (χ1n) is 6.79. The molecule has 0 saturated carbocycles. The van der Waals surface area contributed by atoms with E-state index in [-0.39, 0.29) is 0 Å². The number of aliphatic hydroxyl groups excluding tert-OH is 4. The minimum absolute atomic E-state index is 0.440. The fourth-order valence-electron chi connectivity index (χ4n) is 2.62. The summed E-state index contributed by atoms with van der Waals surface area (Å²) < 4.78 is 5.23. The van der Waals surface area contributed by atoms with Crippen LogP contribution < -0.4 is 0 Å². The highest BCUT2D eigenvalue weighted by Crippen LogP contribution is 2.45. The van der Waals surface area contributed by atoms with E-state index in [4.69, 9.17) is 9.84 Å². The van der Waals surface area contributed by atoms with Crippen LogP contribution in [0.15, 0.2) is 6.07 Å². The average molecular weight is 330 g/mol. The number of hydrogen-bond acceptors (Lipinski definition) is 9. The van der Waals surface area contributed by atoms with E-state index >= 15 is 0 Å². The van der Waals surface area contributed by atoms with Gasteiger partial charge >= 0.3 is 0 Å².